The molecule has 0 bridgehead atoms. The second-order valence-electron chi connectivity index (χ2n) is 8.35. The Kier molecular flexibility index (Phi) is 4.59. The van der Waals surface area contributed by atoms with Gasteiger partial charge in [0, 0.05) is 58.4 Å². The van der Waals surface area contributed by atoms with Crippen LogP contribution in [0.2, 0.25) is 0 Å². The number of fused-ring (bicyclic) bond motifs is 2. The van der Waals surface area contributed by atoms with Crippen molar-refractivity contribution in [2.24, 2.45) is 0 Å². The van der Waals surface area contributed by atoms with Gasteiger partial charge in [0.15, 0.2) is 0 Å². The molecule has 34 heavy (non-hydrogen) atoms. The maximum atomic E-state index is 13.2. The van der Waals surface area contributed by atoms with E-state index in [0.717, 1.165) is 38.7 Å². The van der Waals surface area contributed by atoms with Crippen molar-refractivity contribution in [2.45, 2.75) is 6.61 Å². The van der Waals surface area contributed by atoms with Crippen LogP contribution in [0.1, 0.15) is 16.7 Å². The van der Waals surface area contributed by atoms with Gasteiger partial charge in [0.2, 0.25) is 0 Å². The Balaban J connectivity index is 1.44. The second kappa shape index (κ2) is 7.78. The number of aromatic nitrogens is 2. The quantitative estimate of drug-likeness (QED) is 0.366. The number of nitrogens with one attached hydrogen (secondary N) is 2. The topological polar surface area (TPSA) is 78.2 Å². The van der Waals surface area contributed by atoms with Crippen LogP contribution in [-0.4, -0.2) is 33.7 Å². The van der Waals surface area contributed by atoms with Crippen molar-refractivity contribution < 1.29 is 14.3 Å². The molecule has 0 saturated carbocycles. The smallest absolute Gasteiger partial charge is 0.261 e. The molecular weight excluding hydrogens is 426 g/mol. The number of hydrogen-bond donors (Lipinski definition) is 2. The summed E-state index contributed by atoms with van der Waals surface area (Å²) in [4.78, 5) is 34.0. The monoisotopic (exact) mass is 447 g/mol. The molecule has 5 aromatic rings. The number of amides is 2. The molecule has 0 aliphatic carbocycles. The highest BCUT2D eigenvalue weighted by Crippen LogP contribution is 2.40. The molecule has 0 spiro atoms. The third kappa shape index (κ3) is 3.11. The van der Waals surface area contributed by atoms with E-state index in [2.05, 4.69) is 9.97 Å². The zero-order valence-corrected chi connectivity index (χ0v) is 18.5. The Morgan fingerprint density at radius 2 is 1.35 bits per heavy atom. The number of likely N-dealkylation sites (N-methyl/N-ethyl adjacent to an activating group) is 1. The standard InChI is InChI=1S/C28H21N3O3/c1-31-27(32)25(21-14-29-23-10-6-5-9-19(21)23)26(28(31)33)22-15-30-24-13-18(11-12-20(22)24)34-16-17-7-3-2-4-8-17/h2-15,29-30H,16H2,1H3. The van der Waals surface area contributed by atoms with Crippen molar-refractivity contribution >= 4 is 44.8 Å². The largest absolute Gasteiger partial charge is 0.489 e. The van der Waals surface area contributed by atoms with Gasteiger partial charge in [0.1, 0.15) is 12.4 Å². The molecule has 0 atom stereocenters. The first-order valence-corrected chi connectivity index (χ1v) is 11.0. The van der Waals surface area contributed by atoms with Gasteiger partial charge in [-0.1, -0.05) is 48.5 Å². The van der Waals surface area contributed by atoms with Crippen molar-refractivity contribution in [3.8, 4) is 5.75 Å². The number of rotatable bonds is 5. The Bertz CT molecular complexity index is 1610. The molecule has 2 aromatic heterocycles. The normalized spacial score (nSPS) is 14.1. The SMILES string of the molecule is CN1C(=O)C(c2c[nH]c3ccccc23)=C(c2c[nH]c3cc(OCc4ccccc4)ccc23)C1=O. The zero-order valence-electron chi connectivity index (χ0n) is 18.5. The van der Waals surface area contributed by atoms with Gasteiger partial charge in [-0.25, -0.2) is 0 Å². The average Bonchev–Trinajstić information content (AvgIpc) is 3.54. The second-order valence-corrected chi connectivity index (χ2v) is 8.35. The molecule has 166 valence electrons. The van der Waals surface area contributed by atoms with Crippen molar-refractivity contribution in [3.05, 3.63) is 102 Å². The van der Waals surface area contributed by atoms with E-state index >= 15 is 0 Å². The molecule has 3 aromatic carbocycles. The Hall–Kier alpha value is -4.58. The lowest BCUT2D eigenvalue weighted by Gasteiger charge is -2.07. The van der Waals surface area contributed by atoms with Gasteiger partial charge in [0.25, 0.3) is 11.8 Å². The molecule has 0 unspecified atom stereocenters. The third-order valence-corrected chi connectivity index (χ3v) is 6.32. The first kappa shape index (κ1) is 20.1. The Morgan fingerprint density at radius 3 is 2.09 bits per heavy atom. The van der Waals surface area contributed by atoms with E-state index in [9.17, 15) is 9.59 Å². The Labute approximate surface area is 195 Å². The molecule has 6 heteroatoms. The van der Waals surface area contributed by atoms with Gasteiger partial charge in [-0.15, -0.1) is 0 Å². The van der Waals surface area contributed by atoms with Gasteiger partial charge in [-0.3, -0.25) is 14.5 Å². The maximum absolute atomic E-state index is 13.2. The summed E-state index contributed by atoms with van der Waals surface area (Å²) in [7, 11) is 1.52. The van der Waals surface area contributed by atoms with Crippen LogP contribution in [0, 0.1) is 0 Å². The number of nitrogens with zero attached hydrogens (tertiary/aromatic N) is 1. The van der Waals surface area contributed by atoms with E-state index in [0.29, 0.717) is 23.3 Å². The van der Waals surface area contributed by atoms with Crippen LogP contribution < -0.4 is 4.74 Å². The van der Waals surface area contributed by atoms with Crippen molar-refractivity contribution in [1.29, 1.82) is 0 Å². The summed E-state index contributed by atoms with van der Waals surface area (Å²) in [5.74, 6) is 0.110. The van der Waals surface area contributed by atoms with Gasteiger partial charge in [0.05, 0.1) is 11.1 Å². The van der Waals surface area contributed by atoms with E-state index in [1.165, 1.54) is 11.9 Å². The summed E-state index contributed by atoms with van der Waals surface area (Å²) in [6, 6.07) is 23.5. The number of para-hydroxylation sites is 1. The number of carbonyl (C=O) groups excluding carboxylic acids is 2. The molecule has 2 N–H and O–H groups in total. The van der Waals surface area contributed by atoms with E-state index < -0.39 is 0 Å². The van der Waals surface area contributed by atoms with E-state index in [1.54, 1.807) is 12.4 Å². The first-order chi connectivity index (χ1) is 16.6. The fourth-order valence-electron chi connectivity index (χ4n) is 4.56. The van der Waals surface area contributed by atoms with Crippen LogP contribution in [0.3, 0.4) is 0 Å². The lowest BCUT2D eigenvalue weighted by Crippen LogP contribution is -2.26. The third-order valence-electron chi connectivity index (χ3n) is 6.32. The number of aromatic amines is 2. The number of ether oxygens (including phenoxy) is 1. The fourth-order valence-corrected chi connectivity index (χ4v) is 4.56. The van der Waals surface area contributed by atoms with E-state index in [-0.39, 0.29) is 11.8 Å². The zero-order chi connectivity index (χ0) is 23.2. The molecule has 1 aliphatic heterocycles. The van der Waals surface area contributed by atoms with E-state index in [1.807, 2.05) is 72.8 Å². The van der Waals surface area contributed by atoms with Crippen molar-refractivity contribution in [3.63, 3.8) is 0 Å². The van der Waals surface area contributed by atoms with Gasteiger partial charge in [-0.05, 0) is 23.8 Å². The summed E-state index contributed by atoms with van der Waals surface area (Å²) in [5, 5.41) is 1.76. The number of hydrogen-bond acceptors (Lipinski definition) is 3. The van der Waals surface area contributed by atoms with Crippen LogP contribution in [0.25, 0.3) is 33.0 Å². The first-order valence-electron chi connectivity index (χ1n) is 11.0. The maximum Gasteiger partial charge on any atom is 0.261 e. The predicted octanol–water partition coefficient (Wildman–Crippen LogP) is 5.14. The lowest BCUT2D eigenvalue weighted by molar-refractivity contribution is -0.134. The number of carbonyl (C=O) groups is 2. The molecule has 0 saturated heterocycles. The number of imide groups is 1. The number of benzene rings is 3. The molecule has 2 amide bonds. The van der Waals surface area contributed by atoms with Crippen molar-refractivity contribution in [2.75, 3.05) is 7.05 Å². The van der Waals surface area contributed by atoms with Crippen LogP contribution in [0.15, 0.2) is 85.2 Å². The minimum Gasteiger partial charge on any atom is -0.489 e. The summed E-state index contributed by atoms with van der Waals surface area (Å²) < 4.78 is 5.95. The molecule has 0 radical (unpaired) electrons. The molecule has 3 heterocycles. The molecular formula is C28H21N3O3. The van der Waals surface area contributed by atoms with Gasteiger partial charge >= 0.3 is 0 Å². The highest BCUT2D eigenvalue weighted by Gasteiger charge is 2.39. The fraction of sp³-hybridized carbons (Fsp3) is 0.0714. The summed E-state index contributed by atoms with van der Waals surface area (Å²) in [6.07, 6.45) is 3.59. The molecule has 1 aliphatic rings. The van der Waals surface area contributed by atoms with Crippen LogP contribution >= 0.6 is 0 Å². The lowest BCUT2D eigenvalue weighted by atomic mass is 9.95. The summed E-state index contributed by atoms with van der Waals surface area (Å²) >= 11 is 0. The van der Waals surface area contributed by atoms with E-state index in [4.69, 9.17) is 4.74 Å². The molecule has 6 nitrogen and oxygen atoms in total. The van der Waals surface area contributed by atoms with Gasteiger partial charge in [-0.2, -0.15) is 0 Å². The minimum atomic E-state index is -0.310. The Morgan fingerprint density at radius 1 is 0.735 bits per heavy atom. The summed E-state index contributed by atoms with van der Waals surface area (Å²) in [6.45, 7) is 0.466. The van der Waals surface area contributed by atoms with Crippen LogP contribution in [0.5, 0.6) is 5.75 Å². The van der Waals surface area contributed by atoms with Gasteiger partial charge < -0.3 is 14.7 Å². The van der Waals surface area contributed by atoms with Crippen LogP contribution in [0.4, 0.5) is 0 Å². The average molecular weight is 447 g/mol. The highest BCUT2D eigenvalue weighted by atomic mass is 16.5. The number of H-pyrrole nitrogens is 2. The summed E-state index contributed by atoms with van der Waals surface area (Å²) in [5.41, 5.74) is 5.08. The molecule has 6 rings (SSSR count). The minimum absolute atomic E-state index is 0.304. The predicted molar refractivity (Wildman–Crippen MR) is 132 cm³/mol. The highest BCUT2D eigenvalue weighted by molar-refractivity contribution is 6.50. The van der Waals surface area contributed by atoms with Crippen LogP contribution in [-0.2, 0) is 16.2 Å². The molecule has 0 fully saturated rings. The van der Waals surface area contributed by atoms with Crippen molar-refractivity contribution in [1.82, 2.24) is 14.9 Å².